The summed E-state index contributed by atoms with van der Waals surface area (Å²) in [7, 11) is 0. The van der Waals surface area contributed by atoms with E-state index in [1.54, 1.807) is 19.1 Å². The quantitative estimate of drug-likeness (QED) is 0.688. The molecule has 1 aliphatic carbocycles. The van der Waals surface area contributed by atoms with Gasteiger partial charge in [-0.2, -0.15) is 0 Å². The number of amides is 1. The number of nitrogens with zero attached hydrogens (tertiary/aromatic N) is 1. The number of carbonyl (C=O) groups is 2. The highest BCUT2D eigenvalue weighted by molar-refractivity contribution is 5.82. The van der Waals surface area contributed by atoms with Crippen molar-refractivity contribution in [1.82, 2.24) is 10.3 Å². The van der Waals surface area contributed by atoms with Gasteiger partial charge in [-0.25, -0.2) is 9.59 Å². The fourth-order valence-corrected chi connectivity index (χ4v) is 3.70. The number of carboxylic acid groups (broad SMARTS) is 1. The van der Waals surface area contributed by atoms with Crippen LogP contribution in [-0.4, -0.2) is 28.8 Å². The number of rotatable bonds is 5. The zero-order valence-electron chi connectivity index (χ0n) is 15.8. The molecule has 2 N–H and O–H groups in total. The lowest BCUT2D eigenvalue weighted by Gasteiger charge is -2.17. The van der Waals surface area contributed by atoms with E-state index in [0.29, 0.717) is 5.56 Å². The third-order valence-electron chi connectivity index (χ3n) is 5.12. The molecule has 1 amide bonds. The van der Waals surface area contributed by atoms with Crippen LogP contribution in [0.2, 0.25) is 0 Å². The molecular weight excluding hydrogens is 368 g/mol. The molecule has 0 saturated carbocycles. The Hall–Kier alpha value is -3.67. The first-order valence-electron chi connectivity index (χ1n) is 9.31. The van der Waals surface area contributed by atoms with Gasteiger partial charge in [0, 0.05) is 23.4 Å². The first-order valence-corrected chi connectivity index (χ1v) is 9.31. The maximum Gasteiger partial charge on any atom is 0.408 e. The Morgan fingerprint density at radius 1 is 1.03 bits per heavy atom. The van der Waals surface area contributed by atoms with Crippen molar-refractivity contribution in [3.05, 3.63) is 89.2 Å². The number of hydrogen-bond acceptors (Lipinski definition) is 4. The lowest BCUT2D eigenvalue weighted by Crippen LogP contribution is -2.35. The Labute approximate surface area is 168 Å². The van der Waals surface area contributed by atoms with Gasteiger partial charge in [0.2, 0.25) is 0 Å². The fourth-order valence-electron chi connectivity index (χ4n) is 3.70. The second kappa shape index (κ2) is 7.75. The fraction of sp³-hybridized carbons (Fsp3) is 0.174. The van der Waals surface area contributed by atoms with Crippen molar-refractivity contribution in [1.29, 1.82) is 0 Å². The van der Waals surface area contributed by atoms with Crippen LogP contribution >= 0.6 is 0 Å². The zero-order chi connectivity index (χ0) is 20.4. The lowest BCUT2D eigenvalue weighted by molar-refractivity contribution is -0.139. The van der Waals surface area contributed by atoms with Gasteiger partial charge in [0.25, 0.3) is 0 Å². The molecule has 3 aromatic rings. The number of benzene rings is 2. The first kappa shape index (κ1) is 18.7. The highest BCUT2D eigenvalue weighted by Gasteiger charge is 2.30. The van der Waals surface area contributed by atoms with E-state index in [4.69, 9.17) is 4.74 Å². The number of carboxylic acids is 1. The summed E-state index contributed by atoms with van der Waals surface area (Å²) in [6.45, 7) is 1.93. The summed E-state index contributed by atoms with van der Waals surface area (Å²) in [5.41, 5.74) is 5.60. The highest BCUT2D eigenvalue weighted by atomic mass is 16.5. The summed E-state index contributed by atoms with van der Waals surface area (Å²) >= 11 is 0. The van der Waals surface area contributed by atoms with Gasteiger partial charge >= 0.3 is 12.1 Å². The second-order valence-corrected chi connectivity index (χ2v) is 6.97. The van der Waals surface area contributed by atoms with Crippen molar-refractivity contribution in [2.45, 2.75) is 18.9 Å². The Kier molecular flexibility index (Phi) is 4.99. The number of aromatic nitrogens is 1. The molecule has 0 spiro atoms. The summed E-state index contributed by atoms with van der Waals surface area (Å²) in [4.78, 5) is 28.1. The Morgan fingerprint density at radius 3 is 2.21 bits per heavy atom. The van der Waals surface area contributed by atoms with Crippen molar-refractivity contribution < 1.29 is 19.4 Å². The molecule has 29 heavy (non-hydrogen) atoms. The first-order chi connectivity index (χ1) is 14.0. The van der Waals surface area contributed by atoms with Gasteiger partial charge in [0.05, 0.1) is 0 Å². The molecule has 0 saturated heterocycles. The Bertz CT molecular complexity index is 1020. The molecule has 2 aromatic carbocycles. The van der Waals surface area contributed by atoms with E-state index < -0.39 is 18.1 Å². The maximum atomic E-state index is 12.4. The molecule has 146 valence electrons. The van der Waals surface area contributed by atoms with E-state index in [9.17, 15) is 14.7 Å². The SMILES string of the molecule is Cc1ccc(C(NC(=O)OCC2c3ccccc3-c3ccccc32)C(=O)O)cn1. The molecule has 0 fully saturated rings. The number of ether oxygens (including phenoxy) is 1. The van der Waals surface area contributed by atoms with Crippen LogP contribution in [0.1, 0.15) is 34.3 Å². The number of fused-ring (bicyclic) bond motifs is 3. The molecule has 0 aliphatic heterocycles. The summed E-state index contributed by atoms with van der Waals surface area (Å²) < 4.78 is 5.43. The van der Waals surface area contributed by atoms with Gasteiger partial charge in [-0.05, 0) is 35.2 Å². The standard InChI is InChI=1S/C23H20N2O4/c1-14-10-11-15(12-24-14)21(22(26)27)25-23(28)29-13-20-18-8-4-2-6-16(18)17-7-3-5-9-19(17)20/h2-12,20-21H,13H2,1H3,(H,25,28)(H,26,27). The van der Waals surface area contributed by atoms with E-state index in [-0.39, 0.29) is 12.5 Å². The Balaban J connectivity index is 1.48. The highest BCUT2D eigenvalue weighted by Crippen LogP contribution is 2.44. The molecule has 6 heteroatoms. The van der Waals surface area contributed by atoms with Crippen molar-refractivity contribution >= 4 is 12.1 Å². The molecule has 0 radical (unpaired) electrons. The number of nitrogens with one attached hydrogen (secondary N) is 1. The van der Waals surface area contributed by atoms with Gasteiger partial charge in [-0.15, -0.1) is 0 Å². The van der Waals surface area contributed by atoms with Crippen molar-refractivity contribution in [2.75, 3.05) is 6.61 Å². The van der Waals surface area contributed by atoms with E-state index in [1.165, 1.54) is 6.20 Å². The van der Waals surface area contributed by atoms with Crippen LogP contribution in [0.5, 0.6) is 0 Å². The molecule has 1 aromatic heterocycles. The molecule has 1 atom stereocenters. The minimum Gasteiger partial charge on any atom is -0.479 e. The number of alkyl carbamates (subject to hydrolysis) is 1. The van der Waals surface area contributed by atoms with Crippen LogP contribution in [0.3, 0.4) is 0 Å². The summed E-state index contributed by atoms with van der Waals surface area (Å²) in [5.74, 6) is -1.26. The minimum atomic E-state index is -1.22. The van der Waals surface area contributed by atoms with Crippen molar-refractivity contribution in [3.63, 3.8) is 0 Å². The van der Waals surface area contributed by atoms with E-state index >= 15 is 0 Å². The minimum absolute atomic E-state index is 0.0857. The number of carbonyl (C=O) groups excluding carboxylic acids is 1. The van der Waals surface area contributed by atoms with Crippen molar-refractivity contribution in [3.8, 4) is 11.1 Å². The summed E-state index contributed by atoms with van der Waals surface area (Å²) in [5, 5.41) is 11.9. The van der Waals surface area contributed by atoms with E-state index in [0.717, 1.165) is 27.9 Å². The molecule has 4 rings (SSSR count). The second-order valence-electron chi connectivity index (χ2n) is 6.97. The number of pyridine rings is 1. The lowest BCUT2D eigenvalue weighted by atomic mass is 9.98. The largest absolute Gasteiger partial charge is 0.479 e. The Morgan fingerprint density at radius 2 is 1.66 bits per heavy atom. The van der Waals surface area contributed by atoms with Gasteiger partial charge < -0.3 is 15.2 Å². The van der Waals surface area contributed by atoms with E-state index in [2.05, 4.69) is 22.4 Å². The van der Waals surface area contributed by atoms with E-state index in [1.807, 2.05) is 36.4 Å². The molecule has 1 unspecified atom stereocenters. The normalized spacial score (nSPS) is 13.3. The van der Waals surface area contributed by atoms with Crippen molar-refractivity contribution in [2.24, 2.45) is 0 Å². The van der Waals surface area contributed by atoms with Gasteiger partial charge in [-0.1, -0.05) is 54.6 Å². The maximum absolute atomic E-state index is 12.4. The zero-order valence-corrected chi connectivity index (χ0v) is 15.8. The van der Waals surface area contributed by atoms with Crippen LogP contribution in [0, 0.1) is 6.92 Å². The third-order valence-corrected chi connectivity index (χ3v) is 5.12. The van der Waals surface area contributed by atoms with Crippen LogP contribution in [-0.2, 0) is 9.53 Å². The topological polar surface area (TPSA) is 88.5 Å². The van der Waals surface area contributed by atoms with Crippen LogP contribution in [0.15, 0.2) is 66.9 Å². The van der Waals surface area contributed by atoms with Crippen LogP contribution in [0.4, 0.5) is 4.79 Å². The van der Waals surface area contributed by atoms with Gasteiger partial charge in [0.15, 0.2) is 6.04 Å². The van der Waals surface area contributed by atoms with Crippen LogP contribution < -0.4 is 5.32 Å². The average molecular weight is 388 g/mol. The predicted molar refractivity (Wildman–Crippen MR) is 108 cm³/mol. The number of aliphatic carboxylic acids is 1. The smallest absolute Gasteiger partial charge is 0.408 e. The molecule has 0 bridgehead atoms. The number of hydrogen-bond donors (Lipinski definition) is 2. The molecule has 1 aliphatic rings. The predicted octanol–water partition coefficient (Wildman–Crippen LogP) is 4.05. The third kappa shape index (κ3) is 3.69. The van der Waals surface area contributed by atoms with Gasteiger partial charge in [-0.3, -0.25) is 4.98 Å². The average Bonchev–Trinajstić information content (AvgIpc) is 3.05. The molecule has 1 heterocycles. The van der Waals surface area contributed by atoms with Gasteiger partial charge in [0.1, 0.15) is 6.61 Å². The molecule has 6 nitrogen and oxygen atoms in total. The summed E-state index contributed by atoms with van der Waals surface area (Å²) in [6, 6.07) is 18.2. The monoisotopic (exact) mass is 388 g/mol. The number of aryl methyl sites for hydroxylation is 1. The summed E-state index contributed by atoms with van der Waals surface area (Å²) in [6.07, 6.45) is 0.664. The van der Waals surface area contributed by atoms with Crippen LogP contribution in [0.25, 0.3) is 11.1 Å². The molecular formula is C23H20N2O4.